The average Bonchev–Trinajstić information content (AvgIpc) is 3.59. The monoisotopic (exact) mass is 503 g/mol. The van der Waals surface area contributed by atoms with Crippen molar-refractivity contribution >= 4 is 29.2 Å². The lowest BCUT2D eigenvalue weighted by Gasteiger charge is -2.17. The number of nitrogens with zero attached hydrogens (tertiary/aromatic N) is 2. The number of imidazole rings is 1. The van der Waals surface area contributed by atoms with Gasteiger partial charge in [0.2, 0.25) is 0 Å². The second-order valence-electron chi connectivity index (χ2n) is 8.04. The summed E-state index contributed by atoms with van der Waals surface area (Å²) in [5.41, 5.74) is -0.862. The standard InChI is InChI=1S/C24H17ClF3N3O4/c25-20-19(23(33)35-22(32)18-16(6-8-29-18)13-4-2-1-3-5-13)30-21-17(24(26,27)28)10-15(11-31(20)21)14-7-9-34-12-14/h1-5,7,9-12,16,18,29H,6,8H2. The molecule has 0 spiro atoms. The number of carbonyl (C=O) groups excluding carboxylic acids is 2. The van der Waals surface area contributed by atoms with Gasteiger partial charge < -0.3 is 14.5 Å². The summed E-state index contributed by atoms with van der Waals surface area (Å²) in [5.74, 6) is -2.31. The van der Waals surface area contributed by atoms with E-state index >= 15 is 0 Å². The number of aromatic nitrogens is 2. The van der Waals surface area contributed by atoms with Crippen LogP contribution in [0.2, 0.25) is 5.15 Å². The third-order valence-corrected chi connectivity index (χ3v) is 6.27. The molecule has 1 aliphatic rings. The molecule has 2 unspecified atom stereocenters. The lowest BCUT2D eigenvalue weighted by atomic mass is 9.92. The van der Waals surface area contributed by atoms with Crippen LogP contribution in [-0.2, 0) is 15.7 Å². The van der Waals surface area contributed by atoms with Crippen LogP contribution in [-0.4, -0.2) is 33.9 Å². The lowest BCUT2D eigenvalue weighted by molar-refractivity contribution is -0.140. The predicted octanol–water partition coefficient (Wildman–Crippen LogP) is 5.10. The first-order chi connectivity index (χ1) is 16.7. The van der Waals surface area contributed by atoms with E-state index in [0.29, 0.717) is 18.5 Å². The molecule has 4 heterocycles. The number of benzene rings is 1. The van der Waals surface area contributed by atoms with Gasteiger partial charge in [-0.3, -0.25) is 4.40 Å². The number of ether oxygens (including phenoxy) is 1. The van der Waals surface area contributed by atoms with E-state index in [1.807, 2.05) is 30.3 Å². The molecule has 11 heteroatoms. The van der Waals surface area contributed by atoms with Gasteiger partial charge in [0.05, 0.1) is 18.1 Å². The smallest absolute Gasteiger partial charge is 0.420 e. The molecule has 35 heavy (non-hydrogen) atoms. The quantitative estimate of drug-likeness (QED) is 0.308. The highest BCUT2D eigenvalue weighted by Crippen LogP contribution is 2.37. The molecule has 180 valence electrons. The number of pyridine rings is 1. The highest BCUT2D eigenvalue weighted by Gasteiger charge is 2.39. The molecular weight excluding hydrogens is 487 g/mol. The number of halogens is 4. The summed E-state index contributed by atoms with van der Waals surface area (Å²) in [4.78, 5) is 29.4. The molecule has 3 aromatic heterocycles. The van der Waals surface area contributed by atoms with E-state index in [1.165, 1.54) is 24.8 Å². The normalized spacial score (nSPS) is 18.2. The van der Waals surface area contributed by atoms with Gasteiger partial charge in [0.15, 0.2) is 11.3 Å². The molecule has 0 aliphatic carbocycles. The number of hydrogen-bond acceptors (Lipinski definition) is 6. The molecule has 0 amide bonds. The van der Waals surface area contributed by atoms with Crippen molar-refractivity contribution in [1.29, 1.82) is 0 Å². The van der Waals surface area contributed by atoms with Crippen molar-refractivity contribution in [2.45, 2.75) is 24.6 Å². The van der Waals surface area contributed by atoms with Gasteiger partial charge in [-0.2, -0.15) is 13.2 Å². The van der Waals surface area contributed by atoms with E-state index in [-0.39, 0.29) is 11.5 Å². The maximum atomic E-state index is 13.8. The van der Waals surface area contributed by atoms with Crippen LogP contribution in [0.3, 0.4) is 0 Å². The van der Waals surface area contributed by atoms with Crippen molar-refractivity contribution < 1.29 is 31.9 Å². The van der Waals surface area contributed by atoms with Crippen molar-refractivity contribution in [2.24, 2.45) is 0 Å². The second-order valence-corrected chi connectivity index (χ2v) is 8.40. The highest BCUT2D eigenvalue weighted by molar-refractivity contribution is 6.33. The molecule has 1 aromatic carbocycles. The highest BCUT2D eigenvalue weighted by atomic mass is 35.5. The van der Waals surface area contributed by atoms with Crippen molar-refractivity contribution in [3.8, 4) is 11.1 Å². The SMILES string of the molecule is O=C(OC(=O)C1NCCC1c1ccccc1)c1nc2c(C(F)(F)F)cc(-c3ccoc3)cn2c1Cl. The van der Waals surface area contributed by atoms with Gasteiger partial charge in [-0.05, 0) is 30.7 Å². The zero-order valence-corrected chi connectivity index (χ0v) is 18.6. The van der Waals surface area contributed by atoms with E-state index < -0.39 is 46.2 Å². The number of hydrogen-bond donors (Lipinski definition) is 1. The molecule has 1 N–H and O–H groups in total. The van der Waals surface area contributed by atoms with Crippen LogP contribution in [0.25, 0.3) is 16.8 Å². The average molecular weight is 504 g/mol. The maximum absolute atomic E-state index is 13.8. The minimum Gasteiger partial charge on any atom is -0.472 e. The third kappa shape index (κ3) is 4.30. The van der Waals surface area contributed by atoms with E-state index in [1.54, 1.807) is 0 Å². The Morgan fingerprint density at radius 1 is 1.17 bits per heavy atom. The minimum atomic E-state index is -4.79. The molecule has 5 rings (SSSR count). The fourth-order valence-electron chi connectivity index (χ4n) is 4.26. The maximum Gasteiger partial charge on any atom is 0.420 e. The Kier molecular flexibility index (Phi) is 5.86. The van der Waals surface area contributed by atoms with Gasteiger partial charge in [0, 0.05) is 23.2 Å². The van der Waals surface area contributed by atoms with E-state index in [9.17, 15) is 22.8 Å². The largest absolute Gasteiger partial charge is 0.472 e. The van der Waals surface area contributed by atoms with Gasteiger partial charge >= 0.3 is 18.1 Å². The molecule has 2 atom stereocenters. The van der Waals surface area contributed by atoms with Crippen LogP contribution in [0, 0.1) is 0 Å². The summed E-state index contributed by atoms with van der Waals surface area (Å²) in [6.07, 6.45) is -0.246. The molecule has 0 bridgehead atoms. The van der Waals surface area contributed by atoms with Crippen LogP contribution in [0.1, 0.15) is 34.0 Å². The summed E-state index contributed by atoms with van der Waals surface area (Å²) in [7, 11) is 0. The molecule has 0 radical (unpaired) electrons. The summed E-state index contributed by atoms with van der Waals surface area (Å²) < 4.78 is 52.3. The Labute approximate surface area is 201 Å². The van der Waals surface area contributed by atoms with Crippen molar-refractivity contribution in [3.63, 3.8) is 0 Å². The van der Waals surface area contributed by atoms with Gasteiger partial charge in [-0.25, -0.2) is 14.6 Å². The summed E-state index contributed by atoms with van der Waals surface area (Å²) >= 11 is 6.26. The Balaban J connectivity index is 1.47. The number of fused-ring (bicyclic) bond motifs is 1. The molecule has 1 saturated heterocycles. The first kappa shape index (κ1) is 23.1. The van der Waals surface area contributed by atoms with Gasteiger partial charge in [-0.15, -0.1) is 0 Å². The molecule has 7 nitrogen and oxygen atoms in total. The number of carbonyl (C=O) groups is 2. The number of furan rings is 1. The Hall–Kier alpha value is -3.63. The molecular formula is C24H17ClF3N3O4. The third-order valence-electron chi connectivity index (χ3n) is 5.91. The topological polar surface area (TPSA) is 85.8 Å². The van der Waals surface area contributed by atoms with Gasteiger partial charge in [-0.1, -0.05) is 41.9 Å². The van der Waals surface area contributed by atoms with Crippen LogP contribution in [0.4, 0.5) is 13.2 Å². The molecule has 1 aliphatic heterocycles. The first-order valence-corrected chi connectivity index (χ1v) is 11.0. The number of rotatable bonds is 4. The van der Waals surface area contributed by atoms with E-state index in [4.69, 9.17) is 20.8 Å². The van der Waals surface area contributed by atoms with Crippen molar-refractivity contribution in [1.82, 2.24) is 14.7 Å². The first-order valence-electron chi connectivity index (χ1n) is 10.6. The van der Waals surface area contributed by atoms with Gasteiger partial charge in [0.1, 0.15) is 11.2 Å². The van der Waals surface area contributed by atoms with Crippen molar-refractivity contribution in [3.05, 3.63) is 83.2 Å². The van der Waals surface area contributed by atoms with Crippen LogP contribution in [0.15, 0.2) is 65.6 Å². The van der Waals surface area contributed by atoms with E-state index in [2.05, 4.69) is 10.3 Å². The zero-order valence-electron chi connectivity index (χ0n) is 17.9. The van der Waals surface area contributed by atoms with Crippen LogP contribution < -0.4 is 5.32 Å². The van der Waals surface area contributed by atoms with Gasteiger partial charge in [0.25, 0.3) is 0 Å². The zero-order chi connectivity index (χ0) is 24.7. The molecule has 4 aromatic rings. The fourth-order valence-corrected chi connectivity index (χ4v) is 4.50. The summed E-state index contributed by atoms with van der Waals surface area (Å²) in [6.45, 7) is 0.536. The second kappa shape index (κ2) is 8.86. The lowest BCUT2D eigenvalue weighted by Crippen LogP contribution is -2.37. The Morgan fingerprint density at radius 2 is 1.94 bits per heavy atom. The number of nitrogens with one attached hydrogen (secondary N) is 1. The van der Waals surface area contributed by atoms with E-state index in [0.717, 1.165) is 16.0 Å². The van der Waals surface area contributed by atoms with Crippen molar-refractivity contribution in [2.75, 3.05) is 6.54 Å². The molecule has 1 fully saturated rings. The Bertz CT molecular complexity index is 1400. The van der Waals surface area contributed by atoms with Crippen LogP contribution in [0.5, 0.6) is 0 Å². The number of alkyl halides is 3. The summed E-state index contributed by atoms with van der Waals surface area (Å²) in [5, 5.41) is 2.60. The fraction of sp³-hybridized carbons (Fsp3) is 0.208. The number of esters is 2. The predicted molar refractivity (Wildman–Crippen MR) is 119 cm³/mol. The van der Waals surface area contributed by atoms with Crippen LogP contribution >= 0.6 is 11.6 Å². The molecule has 0 saturated carbocycles. The minimum absolute atomic E-state index is 0.148. The summed E-state index contributed by atoms with van der Waals surface area (Å²) in [6, 6.07) is 10.8. The Morgan fingerprint density at radius 3 is 2.63 bits per heavy atom.